The lowest BCUT2D eigenvalue weighted by atomic mass is 10.00. The fourth-order valence-electron chi connectivity index (χ4n) is 3.03. The van der Waals surface area contributed by atoms with E-state index in [4.69, 9.17) is 23.7 Å². The fraction of sp³-hybridized carbons (Fsp3) is 0.571. The Morgan fingerprint density at radius 3 is 1.69 bits per heavy atom. The van der Waals surface area contributed by atoms with Gasteiger partial charge in [0, 0.05) is 19.3 Å². The summed E-state index contributed by atoms with van der Waals surface area (Å²) >= 11 is 0. The predicted octanol–water partition coefficient (Wildman–Crippen LogP) is 2.38. The molecular weight excluding hydrogens is 380 g/mol. The minimum atomic E-state index is -1.05. The van der Waals surface area contributed by atoms with E-state index in [1.165, 1.54) is 0 Å². The molecule has 2 aliphatic heterocycles. The highest BCUT2D eigenvalue weighted by Gasteiger charge is 2.56. The van der Waals surface area contributed by atoms with Crippen LogP contribution in [0.25, 0.3) is 0 Å². The molecule has 2 aliphatic rings. The SMILES string of the molecule is C=CCCC(=O)OC1C2COC(O2)C(OC(=O)CCC=C)C1OC(=O)CCC=C. The van der Waals surface area contributed by atoms with E-state index >= 15 is 0 Å². The van der Waals surface area contributed by atoms with Crippen molar-refractivity contribution in [2.75, 3.05) is 6.61 Å². The third-order valence-corrected chi connectivity index (χ3v) is 4.48. The lowest BCUT2D eigenvalue weighted by Gasteiger charge is -2.39. The number of hydrogen-bond acceptors (Lipinski definition) is 8. The smallest absolute Gasteiger partial charge is 0.306 e. The summed E-state index contributed by atoms with van der Waals surface area (Å²) in [6.07, 6.45) is 1.90. The molecule has 0 amide bonds. The van der Waals surface area contributed by atoms with Crippen LogP contribution >= 0.6 is 0 Å². The Kier molecular flexibility index (Phi) is 9.08. The Bertz CT molecular complexity index is 588. The van der Waals surface area contributed by atoms with Crippen LogP contribution in [0.3, 0.4) is 0 Å². The maximum atomic E-state index is 12.3. The first kappa shape index (κ1) is 22.8. The number of fused-ring (bicyclic) bond motifs is 2. The summed E-state index contributed by atoms with van der Waals surface area (Å²) in [5.41, 5.74) is 0. The number of hydrogen-bond donors (Lipinski definition) is 0. The van der Waals surface area contributed by atoms with Gasteiger partial charge in [0.15, 0.2) is 24.6 Å². The minimum Gasteiger partial charge on any atom is -0.455 e. The molecule has 8 nitrogen and oxygen atoms in total. The number of esters is 3. The van der Waals surface area contributed by atoms with Crippen molar-refractivity contribution in [3.63, 3.8) is 0 Å². The molecule has 0 aromatic carbocycles. The Labute approximate surface area is 170 Å². The van der Waals surface area contributed by atoms with Gasteiger partial charge >= 0.3 is 17.9 Å². The van der Waals surface area contributed by atoms with E-state index in [0.29, 0.717) is 19.3 Å². The molecule has 0 aromatic rings. The third kappa shape index (κ3) is 6.54. The molecule has 29 heavy (non-hydrogen) atoms. The Morgan fingerprint density at radius 1 is 0.759 bits per heavy atom. The number of rotatable bonds is 12. The zero-order valence-electron chi connectivity index (χ0n) is 16.5. The highest BCUT2D eigenvalue weighted by Crippen LogP contribution is 2.34. The maximum absolute atomic E-state index is 12.3. The first-order valence-corrected chi connectivity index (χ1v) is 9.68. The lowest BCUT2D eigenvalue weighted by molar-refractivity contribution is -0.252. The fourth-order valence-corrected chi connectivity index (χ4v) is 3.03. The quantitative estimate of drug-likeness (QED) is 0.276. The summed E-state index contributed by atoms with van der Waals surface area (Å²) in [6.45, 7) is 10.9. The molecule has 8 heteroatoms. The molecule has 2 fully saturated rings. The van der Waals surface area contributed by atoms with Crippen LogP contribution in [-0.4, -0.2) is 55.2 Å². The van der Waals surface area contributed by atoms with Crippen molar-refractivity contribution in [3.05, 3.63) is 38.0 Å². The topological polar surface area (TPSA) is 97.4 Å². The summed E-state index contributed by atoms with van der Waals surface area (Å²) in [5.74, 6) is -1.53. The molecule has 2 bridgehead atoms. The monoisotopic (exact) mass is 408 g/mol. The highest BCUT2D eigenvalue weighted by molar-refractivity contribution is 5.72. The number of carbonyl (C=O) groups is 3. The molecule has 2 rings (SSSR count). The molecule has 2 heterocycles. The molecule has 0 radical (unpaired) electrons. The van der Waals surface area contributed by atoms with Gasteiger partial charge in [-0.25, -0.2) is 0 Å². The Morgan fingerprint density at radius 2 is 1.21 bits per heavy atom. The van der Waals surface area contributed by atoms with Crippen molar-refractivity contribution in [2.45, 2.75) is 69.2 Å². The van der Waals surface area contributed by atoms with Crippen molar-refractivity contribution < 1.29 is 38.1 Å². The molecular formula is C21H28O8. The van der Waals surface area contributed by atoms with Crippen molar-refractivity contribution >= 4 is 17.9 Å². The van der Waals surface area contributed by atoms with Gasteiger partial charge in [0.05, 0.1) is 6.61 Å². The second kappa shape index (κ2) is 11.5. The van der Waals surface area contributed by atoms with E-state index in [9.17, 15) is 14.4 Å². The van der Waals surface area contributed by atoms with Gasteiger partial charge in [0.25, 0.3) is 0 Å². The normalized spacial score (nSPS) is 27.5. The van der Waals surface area contributed by atoms with Gasteiger partial charge in [-0.15, -0.1) is 19.7 Å². The molecule has 2 saturated heterocycles. The number of allylic oxidation sites excluding steroid dienone is 3. The van der Waals surface area contributed by atoms with Crippen molar-refractivity contribution in [1.82, 2.24) is 0 Å². The maximum Gasteiger partial charge on any atom is 0.306 e. The minimum absolute atomic E-state index is 0.102. The van der Waals surface area contributed by atoms with Crippen molar-refractivity contribution in [2.24, 2.45) is 0 Å². The van der Waals surface area contributed by atoms with Crippen LogP contribution in [0.1, 0.15) is 38.5 Å². The van der Waals surface area contributed by atoms with Gasteiger partial charge in [0.2, 0.25) is 0 Å². The van der Waals surface area contributed by atoms with Gasteiger partial charge in [-0.2, -0.15) is 0 Å². The summed E-state index contributed by atoms with van der Waals surface area (Å²) in [6, 6.07) is 0. The summed E-state index contributed by atoms with van der Waals surface area (Å²) in [5, 5.41) is 0. The summed E-state index contributed by atoms with van der Waals surface area (Å²) < 4.78 is 27.8. The molecule has 0 spiro atoms. The van der Waals surface area contributed by atoms with Gasteiger partial charge < -0.3 is 23.7 Å². The summed E-state index contributed by atoms with van der Waals surface area (Å²) in [7, 11) is 0. The van der Waals surface area contributed by atoms with Gasteiger partial charge in [-0.05, 0) is 19.3 Å². The van der Waals surface area contributed by atoms with Gasteiger partial charge in [-0.1, -0.05) is 18.2 Å². The average molecular weight is 408 g/mol. The second-order valence-corrected chi connectivity index (χ2v) is 6.72. The van der Waals surface area contributed by atoms with Crippen LogP contribution in [0.4, 0.5) is 0 Å². The Balaban J connectivity index is 2.18. The van der Waals surface area contributed by atoms with E-state index < -0.39 is 48.6 Å². The molecule has 5 atom stereocenters. The molecule has 0 aliphatic carbocycles. The van der Waals surface area contributed by atoms with Crippen LogP contribution in [0.15, 0.2) is 38.0 Å². The first-order valence-electron chi connectivity index (χ1n) is 9.68. The van der Waals surface area contributed by atoms with E-state index in [1.807, 2.05) is 0 Å². The van der Waals surface area contributed by atoms with Crippen LogP contribution in [0, 0.1) is 0 Å². The first-order chi connectivity index (χ1) is 14.0. The predicted molar refractivity (Wildman–Crippen MR) is 103 cm³/mol. The van der Waals surface area contributed by atoms with Gasteiger partial charge in [0.1, 0.15) is 6.10 Å². The highest BCUT2D eigenvalue weighted by atomic mass is 16.8. The molecule has 160 valence electrons. The van der Waals surface area contributed by atoms with Crippen LogP contribution in [0.5, 0.6) is 0 Å². The average Bonchev–Trinajstić information content (AvgIpc) is 3.15. The molecule has 0 aromatic heterocycles. The molecule has 0 N–H and O–H groups in total. The number of ether oxygens (including phenoxy) is 5. The third-order valence-electron chi connectivity index (χ3n) is 4.48. The largest absolute Gasteiger partial charge is 0.455 e. The lowest BCUT2D eigenvalue weighted by Crippen LogP contribution is -2.58. The Hall–Kier alpha value is -2.45. The molecule has 0 saturated carbocycles. The standard InChI is InChI=1S/C21H28O8/c1-4-7-10-15(22)27-18-14-13-25-21(26-14)20(29-17(24)12-9-6-3)19(18)28-16(23)11-8-5-2/h4-6,14,18-21H,1-3,7-13H2. The van der Waals surface area contributed by atoms with Gasteiger partial charge in [-0.3, -0.25) is 14.4 Å². The van der Waals surface area contributed by atoms with E-state index in [1.54, 1.807) is 18.2 Å². The zero-order valence-corrected chi connectivity index (χ0v) is 16.5. The van der Waals surface area contributed by atoms with Crippen molar-refractivity contribution in [3.8, 4) is 0 Å². The van der Waals surface area contributed by atoms with Crippen LogP contribution in [0.2, 0.25) is 0 Å². The van der Waals surface area contributed by atoms with E-state index in [2.05, 4.69) is 19.7 Å². The number of carbonyl (C=O) groups excluding carboxylic acids is 3. The van der Waals surface area contributed by atoms with E-state index in [0.717, 1.165) is 0 Å². The van der Waals surface area contributed by atoms with Crippen LogP contribution in [-0.2, 0) is 38.1 Å². The molecule has 5 unspecified atom stereocenters. The van der Waals surface area contributed by atoms with Crippen LogP contribution < -0.4 is 0 Å². The van der Waals surface area contributed by atoms with Crippen molar-refractivity contribution in [1.29, 1.82) is 0 Å². The van der Waals surface area contributed by atoms with E-state index in [-0.39, 0.29) is 25.9 Å². The summed E-state index contributed by atoms with van der Waals surface area (Å²) in [4.78, 5) is 36.6. The second-order valence-electron chi connectivity index (χ2n) is 6.72. The zero-order chi connectivity index (χ0) is 21.2.